The molecule has 0 bridgehead atoms. The average Bonchev–Trinajstić information content (AvgIpc) is 3.09. The number of aromatic nitrogens is 4. The predicted molar refractivity (Wildman–Crippen MR) is 69.5 cm³/mol. The second kappa shape index (κ2) is 4.87. The van der Waals surface area contributed by atoms with Gasteiger partial charge in [-0.3, -0.25) is 9.89 Å². The Kier molecular flexibility index (Phi) is 3.06. The van der Waals surface area contributed by atoms with Gasteiger partial charge in [0, 0.05) is 12.7 Å². The Hall–Kier alpha value is -2.11. The van der Waals surface area contributed by atoms with Crippen molar-refractivity contribution < 1.29 is 4.79 Å². The van der Waals surface area contributed by atoms with E-state index in [1.54, 1.807) is 12.3 Å². The lowest BCUT2D eigenvalue weighted by molar-refractivity contribution is 0.0595. The van der Waals surface area contributed by atoms with Crippen LogP contribution >= 0.6 is 0 Å². The Labute approximate surface area is 111 Å². The molecule has 0 aliphatic carbocycles. The monoisotopic (exact) mass is 259 g/mol. The second-order valence-corrected chi connectivity index (χ2v) is 4.87. The molecule has 3 heterocycles. The lowest BCUT2D eigenvalue weighted by Gasteiger charge is -2.33. The lowest BCUT2D eigenvalue weighted by Crippen LogP contribution is -2.39. The van der Waals surface area contributed by atoms with Crippen molar-refractivity contribution in [1.29, 1.82) is 0 Å². The number of carbonyl (C=O) groups is 1. The van der Waals surface area contributed by atoms with Gasteiger partial charge in [0.1, 0.15) is 11.5 Å². The van der Waals surface area contributed by atoms with Gasteiger partial charge in [-0.1, -0.05) is 0 Å². The molecule has 1 saturated heterocycles. The van der Waals surface area contributed by atoms with Crippen molar-refractivity contribution in [2.45, 2.75) is 32.2 Å². The van der Waals surface area contributed by atoms with Gasteiger partial charge in [0.05, 0.1) is 6.04 Å². The van der Waals surface area contributed by atoms with Crippen LogP contribution in [0, 0.1) is 6.92 Å². The van der Waals surface area contributed by atoms with Gasteiger partial charge in [-0.2, -0.15) is 5.10 Å². The molecule has 0 spiro atoms. The number of nitrogens with zero attached hydrogens (tertiary/aromatic N) is 3. The molecule has 0 radical (unpaired) electrons. The number of aryl methyl sites for hydroxylation is 1. The van der Waals surface area contributed by atoms with Gasteiger partial charge < -0.3 is 9.88 Å². The Morgan fingerprint density at radius 1 is 1.47 bits per heavy atom. The van der Waals surface area contributed by atoms with E-state index in [2.05, 4.69) is 20.2 Å². The van der Waals surface area contributed by atoms with E-state index in [1.807, 2.05) is 17.9 Å². The Bertz CT molecular complexity index is 559. The third-order valence-electron chi connectivity index (χ3n) is 3.50. The third kappa shape index (κ3) is 2.25. The molecule has 0 unspecified atom stereocenters. The van der Waals surface area contributed by atoms with Crippen LogP contribution in [0.2, 0.25) is 0 Å². The first kappa shape index (κ1) is 12.0. The first-order chi connectivity index (χ1) is 9.25. The summed E-state index contributed by atoms with van der Waals surface area (Å²) in [5, 5.41) is 7.07. The minimum absolute atomic E-state index is 0.0190. The van der Waals surface area contributed by atoms with E-state index in [0.717, 1.165) is 37.5 Å². The highest BCUT2D eigenvalue weighted by Crippen LogP contribution is 2.29. The number of aromatic amines is 2. The molecule has 1 fully saturated rings. The van der Waals surface area contributed by atoms with E-state index in [9.17, 15) is 4.79 Å². The lowest BCUT2D eigenvalue weighted by atomic mass is 10.0. The quantitative estimate of drug-likeness (QED) is 0.863. The fraction of sp³-hybridized carbons (Fsp3) is 0.462. The topological polar surface area (TPSA) is 77.7 Å². The SMILES string of the molecule is Cc1nc([C@@H]2CCCCN2C(=O)c2ccc[nH]2)n[nH]1. The van der Waals surface area contributed by atoms with Gasteiger partial charge in [0.25, 0.3) is 5.91 Å². The molecule has 0 aromatic carbocycles. The van der Waals surface area contributed by atoms with Gasteiger partial charge in [-0.05, 0) is 38.3 Å². The van der Waals surface area contributed by atoms with Crippen LogP contribution < -0.4 is 0 Å². The van der Waals surface area contributed by atoms with Crippen molar-refractivity contribution in [3.05, 3.63) is 35.7 Å². The number of hydrogen-bond donors (Lipinski definition) is 2. The Morgan fingerprint density at radius 3 is 3.05 bits per heavy atom. The van der Waals surface area contributed by atoms with Crippen molar-refractivity contribution in [1.82, 2.24) is 25.1 Å². The maximum absolute atomic E-state index is 12.5. The van der Waals surface area contributed by atoms with Crippen molar-refractivity contribution >= 4 is 5.91 Å². The fourth-order valence-electron chi connectivity index (χ4n) is 2.57. The van der Waals surface area contributed by atoms with Crippen molar-refractivity contribution in [2.24, 2.45) is 0 Å². The van der Waals surface area contributed by atoms with E-state index >= 15 is 0 Å². The molecule has 6 heteroatoms. The molecule has 6 nitrogen and oxygen atoms in total. The van der Waals surface area contributed by atoms with Crippen LogP contribution in [-0.4, -0.2) is 37.5 Å². The Morgan fingerprint density at radius 2 is 2.37 bits per heavy atom. The first-order valence-corrected chi connectivity index (χ1v) is 6.59. The van der Waals surface area contributed by atoms with Gasteiger partial charge >= 0.3 is 0 Å². The smallest absolute Gasteiger partial charge is 0.270 e. The number of nitrogens with one attached hydrogen (secondary N) is 2. The molecule has 2 aromatic heterocycles. The summed E-state index contributed by atoms with van der Waals surface area (Å²) in [6.45, 7) is 2.63. The van der Waals surface area contributed by atoms with Gasteiger partial charge in [-0.25, -0.2) is 4.98 Å². The van der Waals surface area contributed by atoms with Crippen molar-refractivity contribution in [2.75, 3.05) is 6.54 Å². The molecule has 19 heavy (non-hydrogen) atoms. The predicted octanol–water partition coefficient (Wildman–Crippen LogP) is 1.81. The van der Waals surface area contributed by atoms with E-state index in [4.69, 9.17) is 0 Å². The van der Waals surface area contributed by atoms with E-state index in [-0.39, 0.29) is 11.9 Å². The minimum atomic E-state index is -0.0190. The highest BCUT2D eigenvalue weighted by molar-refractivity contribution is 5.92. The summed E-state index contributed by atoms with van der Waals surface area (Å²) >= 11 is 0. The summed E-state index contributed by atoms with van der Waals surface area (Å²) < 4.78 is 0. The zero-order chi connectivity index (χ0) is 13.2. The summed E-state index contributed by atoms with van der Waals surface area (Å²) in [6, 6.07) is 3.62. The maximum atomic E-state index is 12.5. The van der Waals surface area contributed by atoms with E-state index in [1.165, 1.54) is 0 Å². The summed E-state index contributed by atoms with van der Waals surface area (Å²) in [7, 11) is 0. The second-order valence-electron chi connectivity index (χ2n) is 4.87. The summed E-state index contributed by atoms with van der Waals surface area (Å²) in [5.74, 6) is 1.53. The summed E-state index contributed by atoms with van der Waals surface area (Å²) in [5.41, 5.74) is 0.624. The first-order valence-electron chi connectivity index (χ1n) is 6.59. The van der Waals surface area contributed by atoms with Crippen LogP contribution in [0.1, 0.15) is 47.4 Å². The van der Waals surface area contributed by atoms with E-state index < -0.39 is 0 Å². The summed E-state index contributed by atoms with van der Waals surface area (Å²) in [4.78, 5) is 21.7. The summed E-state index contributed by atoms with van der Waals surface area (Å²) in [6.07, 6.45) is 4.83. The van der Waals surface area contributed by atoms with Crippen LogP contribution in [0.4, 0.5) is 0 Å². The number of amides is 1. The zero-order valence-electron chi connectivity index (χ0n) is 10.9. The van der Waals surface area contributed by atoms with Crippen molar-refractivity contribution in [3.63, 3.8) is 0 Å². The number of rotatable bonds is 2. The number of piperidine rings is 1. The largest absolute Gasteiger partial charge is 0.357 e. The van der Waals surface area contributed by atoms with Gasteiger partial charge in [0.15, 0.2) is 5.82 Å². The van der Waals surface area contributed by atoms with Crippen molar-refractivity contribution in [3.8, 4) is 0 Å². The van der Waals surface area contributed by atoms with Gasteiger partial charge in [-0.15, -0.1) is 0 Å². The molecule has 100 valence electrons. The maximum Gasteiger partial charge on any atom is 0.270 e. The highest BCUT2D eigenvalue weighted by atomic mass is 16.2. The molecule has 0 saturated carbocycles. The number of hydrogen-bond acceptors (Lipinski definition) is 3. The molecule has 1 amide bonds. The zero-order valence-corrected chi connectivity index (χ0v) is 10.9. The van der Waals surface area contributed by atoms with Crippen LogP contribution in [0.3, 0.4) is 0 Å². The van der Waals surface area contributed by atoms with E-state index in [0.29, 0.717) is 5.69 Å². The number of likely N-dealkylation sites (tertiary alicyclic amines) is 1. The third-order valence-corrected chi connectivity index (χ3v) is 3.50. The molecular formula is C13H17N5O. The fourth-order valence-corrected chi connectivity index (χ4v) is 2.57. The number of carbonyl (C=O) groups excluding carboxylic acids is 1. The standard InChI is InChI=1S/C13H17N5O/c1-9-15-12(17-16-9)11-6-2-3-8-18(11)13(19)10-5-4-7-14-10/h4-5,7,11,14H,2-3,6,8H2,1H3,(H,15,16,17)/t11-/m0/s1. The molecule has 2 aromatic rings. The molecular weight excluding hydrogens is 242 g/mol. The molecule has 1 aliphatic heterocycles. The average molecular weight is 259 g/mol. The molecule has 1 atom stereocenters. The highest BCUT2D eigenvalue weighted by Gasteiger charge is 2.31. The van der Waals surface area contributed by atoms with Crippen LogP contribution in [0.15, 0.2) is 18.3 Å². The van der Waals surface area contributed by atoms with Crippen LogP contribution in [-0.2, 0) is 0 Å². The molecule has 1 aliphatic rings. The minimum Gasteiger partial charge on any atom is -0.357 e. The van der Waals surface area contributed by atoms with Gasteiger partial charge in [0.2, 0.25) is 0 Å². The Balaban J connectivity index is 1.87. The van der Waals surface area contributed by atoms with Crippen LogP contribution in [0.5, 0.6) is 0 Å². The molecule has 2 N–H and O–H groups in total. The molecule has 3 rings (SSSR count). The normalized spacial score (nSPS) is 19.6. The van der Waals surface area contributed by atoms with Crippen LogP contribution in [0.25, 0.3) is 0 Å². The number of H-pyrrole nitrogens is 2.